The number of allylic oxidation sites excluding steroid dienone is 1. The summed E-state index contributed by atoms with van der Waals surface area (Å²) in [6.07, 6.45) is 4.16. The zero-order valence-electron chi connectivity index (χ0n) is 17.4. The maximum Gasteiger partial charge on any atom is 0.190 e. The number of aliphatic hydroxyl groups excluding tert-OH is 2. The number of fused-ring (bicyclic) bond motifs is 3. The molecule has 0 radical (unpaired) electrons. The van der Waals surface area contributed by atoms with Crippen LogP contribution >= 0.6 is 0 Å². The van der Waals surface area contributed by atoms with Crippen molar-refractivity contribution in [2.24, 2.45) is 23.2 Å². The lowest BCUT2D eigenvalue weighted by Gasteiger charge is -2.51. The van der Waals surface area contributed by atoms with E-state index >= 15 is 0 Å². The van der Waals surface area contributed by atoms with Gasteiger partial charge in [0.25, 0.3) is 0 Å². The van der Waals surface area contributed by atoms with Crippen molar-refractivity contribution >= 4 is 11.6 Å². The van der Waals surface area contributed by atoms with E-state index in [2.05, 4.69) is 11.9 Å². The predicted molar refractivity (Wildman–Crippen MR) is 108 cm³/mol. The summed E-state index contributed by atoms with van der Waals surface area (Å²) in [5.74, 6) is -0.0860. The summed E-state index contributed by atoms with van der Waals surface area (Å²) in [5, 5.41) is 24.6. The van der Waals surface area contributed by atoms with Gasteiger partial charge in [0.15, 0.2) is 11.6 Å². The van der Waals surface area contributed by atoms with E-state index < -0.39 is 24.4 Å². The van der Waals surface area contributed by atoms with E-state index in [4.69, 9.17) is 4.74 Å². The van der Waals surface area contributed by atoms with Gasteiger partial charge >= 0.3 is 0 Å². The minimum absolute atomic E-state index is 0.104. The van der Waals surface area contributed by atoms with E-state index in [0.29, 0.717) is 18.8 Å². The number of nitrogens with one attached hydrogen (secondary N) is 1. The predicted octanol–water partition coefficient (Wildman–Crippen LogP) is 1.77. The highest BCUT2D eigenvalue weighted by atomic mass is 16.5. The summed E-state index contributed by atoms with van der Waals surface area (Å²) >= 11 is 0. The standard InChI is InChI=1S/C23H35NO5/c1-3-14-6-7-23-8-9-24-22(23)19(27)12-15-4-5-17(25)13(2)10-18(26)20(28)21(29-15)16(23)11-14/h3,13-18,21-22,24-26H,1,4-12H2,2H3. The van der Waals surface area contributed by atoms with Gasteiger partial charge in [-0.2, -0.15) is 0 Å². The molecule has 1 aliphatic carbocycles. The Labute approximate surface area is 173 Å². The first-order chi connectivity index (χ1) is 13.9. The van der Waals surface area contributed by atoms with Crippen LogP contribution in [0.1, 0.15) is 58.3 Å². The third-order valence-electron chi connectivity index (χ3n) is 8.22. The molecular formula is C23H35NO5. The van der Waals surface area contributed by atoms with Gasteiger partial charge in [-0.05, 0) is 68.7 Å². The molecule has 9 unspecified atom stereocenters. The van der Waals surface area contributed by atoms with Crippen molar-refractivity contribution in [1.29, 1.82) is 0 Å². The zero-order chi connectivity index (χ0) is 20.8. The van der Waals surface area contributed by atoms with Gasteiger partial charge in [-0.1, -0.05) is 13.0 Å². The second-order valence-electron chi connectivity index (χ2n) is 9.87. The van der Waals surface area contributed by atoms with Gasteiger partial charge in [0.2, 0.25) is 0 Å². The van der Waals surface area contributed by atoms with Gasteiger partial charge in [0.1, 0.15) is 12.2 Å². The molecule has 1 saturated carbocycles. The van der Waals surface area contributed by atoms with E-state index in [-0.39, 0.29) is 47.7 Å². The number of ketones is 2. The van der Waals surface area contributed by atoms with Gasteiger partial charge in [0, 0.05) is 12.3 Å². The van der Waals surface area contributed by atoms with Crippen LogP contribution in [0.2, 0.25) is 0 Å². The maximum absolute atomic E-state index is 13.4. The van der Waals surface area contributed by atoms with Crippen LogP contribution in [0.4, 0.5) is 0 Å². The molecule has 1 spiro atoms. The highest BCUT2D eigenvalue weighted by molar-refractivity contribution is 5.89. The molecule has 0 amide bonds. The Morgan fingerprint density at radius 3 is 2.72 bits per heavy atom. The Morgan fingerprint density at radius 1 is 1.17 bits per heavy atom. The highest BCUT2D eigenvalue weighted by Crippen LogP contribution is 2.54. The summed E-state index contributed by atoms with van der Waals surface area (Å²) in [6.45, 7) is 6.62. The molecular weight excluding hydrogens is 370 g/mol. The minimum atomic E-state index is -1.15. The minimum Gasteiger partial charge on any atom is -0.393 e. The third kappa shape index (κ3) is 3.73. The van der Waals surface area contributed by atoms with Crippen LogP contribution in [0.3, 0.4) is 0 Å². The van der Waals surface area contributed by atoms with Gasteiger partial charge in [-0.3, -0.25) is 9.59 Å². The largest absolute Gasteiger partial charge is 0.393 e. The van der Waals surface area contributed by atoms with Crippen molar-refractivity contribution < 1.29 is 24.5 Å². The highest BCUT2D eigenvalue weighted by Gasteiger charge is 2.58. The van der Waals surface area contributed by atoms with Crippen molar-refractivity contribution in [1.82, 2.24) is 5.32 Å². The monoisotopic (exact) mass is 405 g/mol. The first-order valence-electron chi connectivity index (χ1n) is 11.3. The molecule has 3 N–H and O–H groups in total. The normalized spacial score (nSPS) is 48.8. The van der Waals surface area contributed by atoms with Crippen LogP contribution in [0.5, 0.6) is 0 Å². The van der Waals surface area contributed by atoms with E-state index in [9.17, 15) is 19.8 Å². The number of aliphatic hydroxyl groups is 2. The fraction of sp³-hybridized carbons (Fsp3) is 0.826. The SMILES string of the molecule is C=CC1CCC23CCNC2C(=O)CC2CCC(O)C(C)CC(O)C(=O)C(O2)C3C1. The fourth-order valence-electron chi connectivity index (χ4n) is 6.44. The molecule has 3 saturated heterocycles. The Hall–Kier alpha value is -1.08. The lowest BCUT2D eigenvalue weighted by Crippen LogP contribution is -2.59. The topological polar surface area (TPSA) is 95.9 Å². The molecule has 4 rings (SSSR count). The summed E-state index contributed by atoms with van der Waals surface area (Å²) < 4.78 is 6.37. The first kappa shape index (κ1) is 21.2. The number of ether oxygens (including phenoxy) is 1. The van der Waals surface area contributed by atoms with E-state index in [1.807, 2.05) is 13.0 Å². The summed E-state index contributed by atoms with van der Waals surface area (Å²) in [6, 6.07) is -0.246. The van der Waals surface area contributed by atoms with E-state index in [0.717, 1.165) is 32.2 Å². The zero-order valence-corrected chi connectivity index (χ0v) is 17.4. The average Bonchev–Trinajstić information content (AvgIpc) is 3.11. The molecule has 6 heteroatoms. The third-order valence-corrected chi connectivity index (χ3v) is 8.22. The van der Waals surface area contributed by atoms with Crippen LogP contribution in [0.25, 0.3) is 0 Å². The molecule has 4 fully saturated rings. The van der Waals surface area contributed by atoms with E-state index in [1.54, 1.807) is 0 Å². The molecule has 4 aliphatic rings. The van der Waals surface area contributed by atoms with Crippen LogP contribution in [0.15, 0.2) is 12.7 Å². The fourth-order valence-corrected chi connectivity index (χ4v) is 6.44. The quantitative estimate of drug-likeness (QED) is 0.576. The molecule has 3 heterocycles. The van der Waals surface area contributed by atoms with Crippen molar-refractivity contribution in [3.63, 3.8) is 0 Å². The smallest absolute Gasteiger partial charge is 0.190 e. The Kier molecular flexibility index (Phi) is 6.00. The summed E-state index contributed by atoms with van der Waals surface area (Å²) in [7, 11) is 0. The summed E-state index contributed by atoms with van der Waals surface area (Å²) in [5.41, 5.74) is -0.281. The van der Waals surface area contributed by atoms with Crippen LogP contribution < -0.4 is 5.32 Å². The number of hydrogen-bond acceptors (Lipinski definition) is 6. The molecule has 2 bridgehead atoms. The van der Waals surface area contributed by atoms with Crippen molar-refractivity contribution in [2.75, 3.05) is 6.54 Å². The van der Waals surface area contributed by atoms with E-state index in [1.165, 1.54) is 0 Å². The van der Waals surface area contributed by atoms with Gasteiger partial charge in [-0.25, -0.2) is 0 Å². The number of Topliss-reactive ketones (excluding diaryl/α,β-unsaturated/α-hetero) is 2. The van der Waals surface area contributed by atoms with Gasteiger partial charge in [-0.15, -0.1) is 6.58 Å². The lowest BCUT2D eigenvalue weighted by atomic mass is 9.56. The van der Waals surface area contributed by atoms with Crippen LogP contribution in [-0.4, -0.2) is 58.8 Å². The molecule has 0 aromatic rings. The second-order valence-corrected chi connectivity index (χ2v) is 9.87. The van der Waals surface area contributed by atoms with Crippen molar-refractivity contribution in [2.45, 2.75) is 88.7 Å². The Morgan fingerprint density at radius 2 is 1.97 bits per heavy atom. The summed E-state index contributed by atoms with van der Waals surface area (Å²) in [4.78, 5) is 26.7. The maximum atomic E-state index is 13.4. The van der Waals surface area contributed by atoms with Crippen LogP contribution in [-0.2, 0) is 14.3 Å². The number of carbonyl (C=O) groups is 2. The number of rotatable bonds is 1. The van der Waals surface area contributed by atoms with Gasteiger partial charge in [0.05, 0.1) is 18.2 Å². The number of hydrogen-bond donors (Lipinski definition) is 3. The molecule has 3 aliphatic heterocycles. The molecule has 0 aromatic carbocycles. The second kappa shape index (κ2) is 8.22. The van der Waals surface area contributed by atoms with Crippen LogP contribution in [0, 0.1) is 23.2 Å². The van der Waals surface area contributed by atoms with Gasteiger partial charge < -0.3 is 20.3 Å². The molecule has 6 nitrogen and oxygen atoms in total. The first-order valence-corrected chi connectivity index (χ1v) is 11.3. The Bertz CT molecular complexity index is 666. The van der Waals surface area contributed by atoms with Crippen molar-refractivity contribution in [3.05, 3.63) is 12.7 Å². The average molecular weight is 406 g/mol. The number of carbonyl (C=O) groups excluding carboxylic acids is 2. The molecule has 162 valence electrons. The molecule has 29 heavy (non-hydrogen) atoms. The van der Waals surface area contributed by atoms with Crippen molar-refractivity contribution in [3.8, 4) is 0 Å². The lowest BCUT2D eigenvalue weighted by molar-refractivity contribution is -0.170. The Balaban J connectivity index is 1.75. The molecule has 0 aromatic heterocycles. The molecule has 9 atom stereocenters.